The number of likely N-dealkylation sites (tertiary alicyclic amines) is 1. The summed E-state index contributed by atoms with van der Waals surface area (Å²) in [6, 6.07) is 4.60. The molecule has 3 rings (SSSR count). The Labute approximate surface area is 120 Å². The zero-order chi connectivity index (χ0) is 13.6. The van der Waals surface area contributed by atoms with E-state index in [0.29, 0.717) is 15.7 Å². The molecular formula is C13H12Cl2N2O2. The molecular weight excluding hydrogens is 287 g/mol. The number of benzene rings is 1. The Balaban J connectivity index is 1.76. The summed E-state index contributed by atoms with van der Waals surface area (Å²) < 4.78 is 0. The van der Waals surface area contributed by atoms with Crippen LogP contribution in [0.25, 0.3) is 0 Å². The summed E-state index contributed by atoms with van der Waals surface area (Å²) in [5.41, 5.74) is 0.620. The first-order chi connectivity index (χ1) is 9.06. The van der Waals surface area contributed by atoms with E-state index in [4.69, 9.17) is 23.2 Å². The van der Waals surface area contributed by atoms with Crippen molar-refractivity contribution in [3.63, 3.8) is 0 Å². The number of hydrogen-bond acceptors (Lipinski definition) is 3. The molecule has 4 nitrogen and oxygen atoms in total. The molecule has 1 aromatic rings. The number of anilines is 1. The van der Waals surface area contributed by atoms with E-state index in [1.807, 2.05) is 0 Å². The van der Waals surface area contributed by atoms with Crippen molar-refractivity contribution in [1.82, 2.24) is 4.90 Å². The lowest BCUT2D eigenvalue weighted by Gasteiger charge is -2.16. The molecule has 0 radical (unpaired) electrons. The third kappa shape index (κ3) is 2.42. The van der Waals surface area contributed by atoms with E-state index in [2.05, 4.69) is 5.32 Å². The molecule has 100 valence electrons. The number of carbonyl (C=O) groups excluding carboxylic acids is 2. The molecule has 1 saturated carbocycles. The van der Waals surface area contributed by atoms with Gasteiger partial charge >= 0.3 is 0 Å². The van der Waals surface area contributed by atoms with E-state index in [1.165, 1.54) is 4.90 Å². The summed E-state index contributed by atoms with van der Waals surface area (Å²) in [7, 11) is 0. The fourth-order valence-corrected chi connectivity index (χ4v) is 2.74. The number of carbonyl (C=O) groups is 2. The number of rotatable bonds is 3. The summed E-state index contributed by atoms with van der Waals surface area (Å²) in [5, 5.41) is 4.00. The molecule has 1 heterocycles. The van der Waals surface area contributed by atoms with Crippen LogP contribution in [0.2, 0.25) is 10.0 Å². The lowest BCUT2D eigenvalue weighted by atomic mass is 10.2. The van der Waals surface area contributed by atoms with Crippen LogP contribution in [0.5, 0.6) is 0 Å². The summed E-state index contributed by atoms with van der Waals surface area (Å²) in [5.74, 6) is -0.256. The lowest BCUT2D eigenvalue weighted by molar-refractivity contribution is -0.139. The van der Waals surface area contributed by atoms with Crippen LogP contribution < -0.4 is 5.32 Å². The molecule has 1 saturated heterocycles. The standard InChI is InChI=1S/C13H12Cl2N2O2/c14-7-1-4-10(9(15)5-7)16-11-6-12(18)17(13(11)19)8-2-3-8/h1,4-5,8,11,16H,2-3,6H2. The Morgan fingerprint density at radius 3 is 2.58 bits per heavy atom. The monoisotopic (exact) mass is 298 g/mol. The summed E-state index contributed by atoms with van der Waals surface area (Å²) in [6.45, 7) is 0. The fraction of sp³-hybridized carbons (Fsp3) is 0.385. The molecule has 6 heteroatoms. The maximum absolute atomic E-state index is 12.2. The number of nitrogens with zero attached hydrogens (tertiary/aromatic N) is 1. The van der Waals surface area contributed by atoms with Gasteiger partial charge in [0.15, 0.2) is 0 Å². The Kier molecular flexibility index (Phi) is 3.15. The third-order valence-electron chi connectivity index (χ3n) is 3.36. The summed E-state index contributed by atoms with van der Waals surface area (Å²) >= 11 is 11.9. The Morgan fingerprint density at radius 2 is 1.95 bits per heavy atom. The second kappa shape index (κ2) is 4.69. The van der Waals surface area contributed by atoms with Crippen LogP contribution in [0.15, 0.2) is 18.2 Å². The molecule has 1 aliphatic carbocycles. The van der Waals surface area contributed by atoms with E-state index >= 15 is 0 Å². The van der Waals surface area contributed by atoms with Crippen molar-refractivity contribution in [2.45, 2.75) is 31.3 Å². The summed E-state index contributed by atoms with van der Waals surface area (Å²) in [6.07, 6.45) is 2.03. The number of amides is 2. The van der Waals surface area contributed by atoms with Gasteiger partial charge < -0.3 is 5.32 Å². The largest absolute Gasteiger partial charge is 0.372 e. The minimum atomic E-state index is -0.522. The number of hydrogen-bond donors (Lipinski definition) is 1. The predicted octanol–water partition coefficient (Wildman–Crippen LogP) is 2.70. The second-order valence-corrected chi connectivity index (χ2v) is 5.70. The predicted molar refractivity (Wildman–Crippen MR) is 73.4 cm³/mol. The highest BCUT2D eigenvalue weighted by Gasteiger charge is 2.46. The van der Waals surface area contributed by atoms with Crippen molar-refractivity contribution in [3.8, 4) is 0 Å². The van der Waals surface area contributed by atoms with Gasteiger partial charge in [0.25, 0.3) is 5.91 Å². The average molecular weight is 299 g/mol. The SMILES string of the molecule is O=C1CC(Nc2ccc(Cl)cc2Cl)C(=O)N1C1CC1. The highest BCUT2D eigenvalue weighted by molar-refractivity contribution is 6.36. The highest BCUT2D eigenvalue weighted by atomic mass is 35.5. The van der Waals surface area contributed by atoms with E-state index < -0.39 is 6.04 Å². The number of nitrogens with one attached hydrogen (secondary N) is 1. The van der Waals surface area contributed by atoms with Crippen LogP contribution in [0.3, 0.4) is 0 Å². The lowest BCUT2D eigenvalue weighted by Crippen LogP contribution is -2.36. The third-order valence-corrected chi connectivity index (χ3v) is 3.90. The molecule has 19 heavy (non-hydrogen) atoms. The van der Waals surface area contributed by atoms with Crippen molar-refractivity contribution in [2.75, 3.05) is 5.32 Å². The molecule has 0 bridgehead atoms. The molecule has 1 N–H and O–H groups in total. The maximum Gasteiger partial charge on any atom is 0.252 e. The Bertz CT molecular complexity index is 558. The van der Waals surface area contributed by atoms with Gasteiger partial charge in [-0.2, -0.15) is 0 Å². The molecule has 1 aliphatic heterocycles. The van der Waals surface area contributed by atoms with Crippen molar-refractivity contribution >= 4 is 40.7 Å². The van der Waals surface area contributed by atoms with Crippen LogP contribution in [0, 0.1) is 0 Å². The molecule has 2 fully saturated rings. The van der Waals surface area contributed by atoms with Gasteiger partial charge in [-0.15, -0.1) is 0 Å². The first-order valence-electron chi connectivity index (χ1n) is 6.14. The molecule has 0 spiro atoms. The molecule has 0 aromatic heterocycles. The minimum absolute atomic E-state index is 0.102. The zero-order valence-electron chi connectivity index (χ0n) is 10.0. The van der Waals surface area contributed by atoms with E-state index in [1.54, 1.807) is 18.2 Å². The first-order valence-corrected chi connectivity index (χ1v) is 6.89. The van der Waals surface area contributed by atoms with E-state index in [-0.39, 0.29) is 24.3 Å². The van der Waals surface area contributed by atoms with Gasteiger partial charge in [-0.1, -0.05) is 23.2 Å². The van der Waals surface area contributed by atoms with Gasteiger partial charge in [0.05, 0.1) is 17.1 Å². The summed E-state index contributed by atoms with van der Waals surface area (Å²) in [4.78, 5) is 25.4. The quantitative estimate of drug-likeness (QED) is 0.873. The van der Waals surface area contributed by atoms with Crippen molar-refractivity contribution in [1.29, 1.82) is 0 Å². The Morgan fingerprint density at radius 1 is 1.21 bits per heavy atom. The van der Waals surface area contributed by atoms with Gasteiger partial charge in [-0.25, -0.2) is 0 Å². The van der Waals surface area contributed by atoms with Gasteiger partial charge in [-0.3, -0.25) is 14.5 Å². The van der Waals surface area contributed by atoms with Gasteiger partial charge in [0.2, 0.25) is 5.91 Å². The van der Waals surface area contributed by atoms with Crippen LogP contribution >= 0.6 is 23.2 Å². The van der Waals surface area contributed by atoms with Gasteiger partial charge in [0, 0.05) is 11.1 Å². The molecule has 2 aliphatic rings. The topological polar surface area (TPSA) is 49.4 Å². The molecule has 2 amide bonds. The average Bonchev–Trinajstić information content (AvgIpc) is 3.12. The zero-order valence-corrected chi connectivity index (χ0v) is 11.5. The van der Waals surface area contributed by atoms with Crippen molar-refractivity contribution in [2.24, 2.45) is 0 Å². The van der Waals surface area contributed by atoms with Gasteiger partial charge in [-0.05, 0) is 31.0 Å². The molecule has 1 unspecified atom stereocenters. The molecule has 1 atom stereocenters. The second-order valence-electron chi connectivity index (χ2n) is 4.86. The van der Waals surface area contributed by atoms with Gasteiger partial charge in [0.1, 0.15) is 6.04 Å². The van der Waals surface area contributed by atoms with Crippen LogP contribution in [0.4, 0.5) is 5.69 Å². The first kappa shape index (κ1) is 12.8. The van der Waals surface area contributed by atoms with Crippen LogP contribution in [-0.4, -0.2) is 28.8 Å². The normalized spacial score (nSPS) is 23.1. The smallest absolute Gasteiger partial charge is 0.252 e. The minimum Gasteiger partial charge on any atom is -0.372 e. The highest BCUT2D eigenvalue weighted by Crippen LogP contribution is 2.33. The number of halogens is 2. The number of imide groups is 1. The van der Waals surface area contributed by atoms with Crippen molar-refractivity contribution < 1.29 is 9.59 Å². The van der Waals surface area contributed by atoms with E-state index in [9.17, 15) is 9.59 Å². The van der Waals surface area contributed by atoms with Crippen LogP contribution in [-0.2, 0) is 9.59 Å². The Hall–Kier alpha value is -1.26. The van der Waals surface area contributed by atoms with Crippen LogP contribution in [0.1, 0.15) is 19.3 Å². The molecule has 1 aromatic carbocycles. The van der Waals surface area contributed by atoms with E-state index in [0.717, 1.165) is 12.8 Å². The van der Waals surface area contributed by atoms with Crippen molar-refractivity contribution in [3.05, 3.63) is 28.2 Å². The fourth-order valence-electron chi connectivity index (χ4n) is 2.27. The maximum atomic E-state index is 12.2.